The Kier molecular flexibility index (Phi) is 4.31. The number of hydrogen-bond acceptors (Lipinski definition) is 2. The fourth-order valence-corrected chi connectivity index (χ4v) is 2.63. The van der Waals surface area contributed by atoms with E-state index < -0.39 is 11.7 Å². The quantitative estimate of drug-likeness (QED) is 0.765. The van der Waals surface area contributed by atoms with Gasteiger partial charge in [-0.15, -0.1) is 0 Å². The first-order chi connectivity index (χ1) is 11.5. The molecule has 1 N–H and O–H groups in total. The lowest BCUT2D eigenvalue weighted by molar-refractivity contribution is 0.102. The van der Waals surface area contributed by atoms with Gasteiger partial charge < -0.3 is 5.32 Å². The molecule has 4 nitrogen and oxygen atoms in total. The lowest BCUT2D eigenvalue weighted by Gasteiger charge is -2.06. The number of rotatable bonds is 3. The lowest BCUT2D eigenvalue weighted by Crippen LogP contribution is -2.13. The fraction of sp³-hybridized carbons (Fsp3) is 0.0588. The summed E-state index contributed by atoms with van der Waals surface area (Å²) in [7, 11) is 0. The molecular formula is C17H12ClF2N3O. The summed E-state index contributed by atoms with van der Waals surface area (Å²) in [6.07, 6.45) is 0. The minimum absolute atomic E-state index is 0.0908. The maximum absolute atomic E-state index is 13.2. The second kappa shape index (κ2) is 6.41. The Hall–Kier alpha value is -2.73. The molecular weight excluding hydrogens is 336 g/mol. The Morgan fingerprint density at radius 2 is 1.83 bits per heavy atom. The molecule has 0 saturated carbocycles. The Balaban J connectivity index is 1.94. The lowest BCUT2D eigenvalue weighted by atomic mass is 10.2. The molecule has 122 valence electrons. The molecule has 0 unspecified atom stereocenters. The molecule has 0 radical (unpaired) electrons. The van der Waals surface area contributed by atoms with Crippen LogP contribution in [0.5, 0.6) is 0 Å². The zero-order valence-corrected chi connectivity index (χ0v) is 13.3. The highest BCUT2D eigenvalue weighted by atomic mass is 35.5. The molecule has 1 aromatic heterocycles. The number of aryl methyl sites for hydroxylation is 1. The molecule has 0 spiro atoms. The first kappa shape index (κ1) is 16.1. The van der Waals surface area contributed by atoms with Crippen molar-refractivity contribution in [1.82, 2.24) is 9.78 Å². The second-order valence-corrected chi connectivity index (χ2v) is 5.46. The van der Waals surface area contributed by atoms with Gasteiger partial charge in [0, 0.05) is 5.69 Å². The summed E-state index contributed by atoms with van der Waals surface area (Å²) in [5.41, 5.74) is 1.41. The van der Waals surface area contributed by atoms with Crippen molar-refractivity contribution in [2.75, 3.05) is 5.32 Å². The Morgan fingerprint density at radius 3 is 2.50 bits per heavy atom. The highest BCUT2D eigenvalue weighted by molar-refractivity contribution is 6.34. The van der Waals surface area contributed by atoms with Crippen LogP contribution in [-0.2, 0) is 0 Å². The summed E-state index contributed by atoms with van der Waals surface area (Å²) < 4.78 is 27.6. The van der Waals surface area contributed by atoms with E-state index in [1.165, 1.54) is 47.1 Å². The largest absolute Gasteiger partial charge is 0.322 e. The maximum Gasteiger partial charge on any atom is 0.260 e. The average molecular weight is 348 g/mol. The van der Waals surface area contributed by atoms with Crippen LogP contribution in [0.3, 0.4) is 0 Å². The Bertz CT molecular complexity index is 907. The summed E-state index contributed by atoms with van der Waals surface area (Å²) >= 11 is 6.27. The molecule has 0 bridgehead atoms. The van der Waals surface area contributed by atoms with Crippen LogP contribution in [0.25, 0.3) is 5.69 Å². The van der Waals surface area contributed by atoms with Gasteiger partial charge in [0.25, 0.3) is 5.91 Å². The van der Waals surface area contributed by atoms with Gasteiger partial charge in [0.05, 0.1) is 11.4 Å². The second-order valence-electron chi connectivity index (χ2n) is 5.10. The molecule has 0 aliphatic heterocycles. The van der Waals surface area contributed by atoms with E-state index in [-0.39, 0.29) is 16.5 Å². The molecule has 1 amide bonds. The zero-order chi connectivity index (χ0) is 17.3. The summed E-state index contributed by atoms with van der Waals surface area (Å²) in [5.74, 6) is -1.35. The number of nitrogens with zero attached hydrogens (tertiary/aromatic N) is 2. The van der Waals surface area contributed by atoms with Crippen LogP contribution < -0.4 is 5.32 Å². The van der Waals surface area contributed by atoms with E-state index in [4.69, 9.17) is 11.6 Å². The third-order valence-electron chi connectivity index (χ3n) is 3.38. The summed E-state index contributed by atoms with van der Waals surface area (Å²) in [6, 6.07) is 11.1. The number of carbonyl (C=O) groups excluding carboxylic acids is 1. The van der Waals surface area contributed by atoms with E-state index in [1.54, 1.807) is 13.0 Å². The van der Waals surface area contributed by atoms with Crippen molar-refractivity contribution in [3.63, 3.8) is 0 Å². The number of anilines is 1. The summed E-state index contributed by atoms with van der Waals surface area (Å²) in [4.78, 5) is 12.4. The van der Waals surface area contributed by atoms with Gasteiger partial charge in [0.2, 0.25) is 0 Å². The first-order valence-electron chi connectivity index (χ1n) is 7.03. The predicted molar refractivity (Wildman–Crippen MR) is 87.6 cm³/mol. The van der Waals surface area contributed by atoms with Crippen molar-refractivity contribution < 1.29 is 13.6 Å². The highest BCUT2D eigenvalue weighted by Crippen LogP contribution is 2.25. The number of carbonyl (C=O) groups is 1. The normalized spacial score (nSPS) is 10.7. The topological polar surface area (TPSA) is 46.9 Å². The predicted octanol–water partition coefficient (Wildman–Crippen LogP) is 4.36. The molecule has 24 heavy (non-hydrogen) atoms. The maximum atomic E-state index is 13.2. The number of amides is 1. The van der Waals surface area contributed by atoms with Crippen LogP contribution in [-0.4, -0.2) is 15.7 Å². The highest BCUT2D eigenvalue weighted by Gasteiger charge is 2.21. The third kappa shape index (κ3) is 3.14. The van der Waals surface area contributed by atoms with Crippen LogP contribution in [0.4, 0.5) is 14.5 Å². The molecule has 1 heterocycles. The van der Waals surface area contributed by atoms with Gasteiger partial charge >= 0.3 is 0 Å². The van der Waals surface area contributed by atoms with Crippen LogP contribution >= 0.6 is 11.6 Å². The Labute approximate surface area is 141 Å². The summed E-state index contributed by atoms with van der Waals surface area (Å²) in [5, 5.41) is 6.89. The van der Waals surface area contributed by atoms with E-state index in [2.05, 4.69) is 10.4 Å². The van der Waals surface area contributed by atoms with E-state index >= 15 is 0 Å². The van der Waals surface area contributed by atoms with Gasteiger partial charge in [-0.3, -0.25) is 4.79 Å². The minimum Gasteiger partial charge on any atom is -0.322 e. The zero-order valence-electron chi connectivity index (χ0n) is 12.6. The van der Waals surface area contributed by atoms with Crippen molar-refractivity contribution in [3.8, 4) is 5.69 Å². The number of halogens is 3. The smallest absolute Gasteiger partial charge is 0.260 e. The number of hydrogen-bond donors (Lipinski definition) is 1. The van der Waals surface area contributed by atoms with Gasteiger partial charge in [0.1, 0.15) is 22.4 Å². The van der Waals surface area contributed by atoms with Crippen molar-refractivity contribution in [3.05, 3.63) is 76.6 Å². The average Bonchev–Trinajstić information content (AvgIpc) is 2.83. The Morgan fingerprint density at radius 1 is 1.12 bits per heavy atom. The van der Waals surface area contributed by atoms with Gasteiger partial charge in [-0.2, -0.15) is 5.10 Å². The molecule has 7 heteroatoms. The number of aromatic nitrogens is 2. The van der Waals surface area contributed by atoms with Crippen molar-refractivity contribution in [1.29, 1.82) is 0 Å². The molecule has 0 saturated heterocycles. The van der Waals surface area contributed by atoms with E-state index in [9.17, 15) is 13.6 Å². The third-order valence-corrected chi connectivity index (χ3v) is 3.73. The van der Waals surface area contributed by atoms with Crippen LogP contribution in [0, 0.1) is 18.6 Å². The molecule has 0 fully saturated rings. The van der Waals surface area contributed by atoms with E-state index in [0.29, 0.717) is 17.1 Å². The van der Waals surface area contributed by atoms with Gasteiger partial charge in [0.15, 0.2) is 0 Å². The molecule has 0 atom stereocenters. The van der Waals surface area contributed by atoms with Crippen molar-refractivity contribution in [2.45, 2.75) is 6.92 Å². The van der Waals surface area contributed by atoms with Gasteiger partial charge in [-0.25, -0.2) is 13.5 Å². The standard InChI is InChI=1S/C17H12ClF2N3O/c1-10-15(17(24)21-13-4-2-3-12(20)9-13)16(18)23(22-10)14-7-5-11(19)6-8-14/h2-9H,1H3,(H,21,24). The van der Waals surface area contributed by atoms with Gasteiger partial charge in [-0.1, -0.05) is 17.7 Å². The molecule has 0 aliphatic carbocycles. The van der Waals surface area contributed by atoms with Gasteiger partial charge in [-0.05, 0) is 49.4 Å². The van der Waals surface area contributed by atoms with Crippen LogP contribution in [0.2, 0.25) is 5.15 Å². The first-order valence-corrected chi connectivity index (χ1v) is 7.41. The van der Waals surface area contributed by atoms with Crippen LogP contribution in [0.1, 0.15) is 16.1 Å². The molecule has 0 aliphatic rings. The molecule has 2 aromatic carbocycles. The van der Waals surface area contributed by atoms with E-state index in [0.717, 1.165) is 0 Å². The summed E-state index contributed by atoms with van der Waals surface area (Å²) in [6.45, 7) is 1.63. The number of benzene rings is 2. The monoisotopic (exact) mass is 347 g/mol. The van der Waals surface area contributed by atoms with Crippen LogP contribution in [0.15, 0.2) is 48.5 Å². The van der Waals surface area contributed by atoms with E-state index in [1.807, 2.05) is 0 Å². The minimum atomic E-state index is -0.503. The van der Waals surface area contributed by atoms with Crippen molar-refractivity contribution >= 4 is 23.2 Å². The molecule has 3 aromatic rings. The fourth-order valence-electron chi connectivity index (χ4n) is 2.27. The van der Waals surface area contributed by atoms with Crippen molar-refractivity contribution in [2.24, 2.45) is 0 Å². The SMILES string of the molecule is Cc1nn(-c2ccc(F)cc2)c(Cl)c1C(=O)Nc1cccc(F)c1. The molecule has 3 rings (SSSR count). The number of nitrogens with one attached hydrogen (secondary N) is 1.